The van der Waals surface area contributed by atoms with Crippen molar-refractivity contribution in [3.05, 3.63) is 41.2 Å². The van der Waals surface area contributed by atoms with Crippen LogP contribution in [0, 0.1) is 5.92 Å². The summed E-state index contributed by atoms with van der Waals surface area (Å²) in [6.45, 7) is 3.77. The van der Waals surface area contributed by atoms with Crippen LogP contribution in [-0.4, -0.2) is 38.0 Å². The molecule has 0 aliphatic rings. The highest BCUT2D eigenvalue weighted by molar-refractivity contribution is 6.32. The van der Waals surface area contributed by atoms with Crippen LogP contribution in [0.2, 0.25) is 5.02 Å². The first kappa shape index (κ1) is 17.0. The quantitative estimate of drug-likeness (QED) is 0.842. The van der Waals surface area contributed by atoms with Crippen molar-refractivity contribution in [2.45, 2.75) is 26.3 Å². The van der Waals surface area contributed by atoms with E-state index in [-0.39, 0.29) is 11.6 Å². The summed E-state index contributed by atoms with van der Waals surface area (Å²) >= 11 is 6.06. The van der Waals surface area contributed by atoms with E-state index >= 15 is 0 Å². The van der Waals surface area contributed by atoms with Gasteiger partial charge in [0, 0.05) is 0 Å². The number of carboxylic acid groups (broad SMARTS) is 1. The maximum Gasteiger partial charge on any atom is 0.326 e. The average molecular weight is 337 g/mol. The van der Waals surface area contributed by atoms with Crippen LogP contribution in [0.1, 0.15) is 30.8 Å². The lowest BCUT2D eigenvalue weighted by molar-refractivity contribution is -0.139. The van der Waals surface area contributed by atoms with Crippen molar-refractivity contribution in [3.8, 4) is 5.69 Å². The molecule has 7 nitrogen and oxygen atoms in total. The molecule has 0 saturated carbocycles. The molecule has 0 aliphatic carbocycles. The molecule has 2 rings (SSSR count). The Morgan fingerprint density at radius 1 is 1.35 bits per heavy atom. The van der Waals surface area contributed by atoms with Crippen molar-refractivity contribution >= 4 is 23.5 Å². The summed E-state index contributed by atoms with van der Waals surface area (Å²) in [5.74, 6) is -1.53. The number of hydrogen-bond donors (Lipinski definition) is 2. The van der Waals surface area contributed by atoms with Crippen molar-refractivity contribution in [3.63, 3.8) is 0 Å². The van der Waals surface area contributed by atoms with Crippen LogP contribution in [0.25, 0.3) is 5.69 Å². The van der Waals surface area contributed by atoms with E-state index in [2.05, 4.69) is 15.6 Å². The van der Waals surface area contributed by atoms with Gasteiger partial charge in [0.05, 0.1) is 16.9 Å². The van der Waals surface area contributed by atoms with E-state index in [1.807, 2.05) is 13.8 Å². The SMILES string of the molecule is CC(C)C[C@H](NC(=O)c1cn(-c2ccccc2Cl)nn1)C(=O)O. The van der Waals surface area contributed by atoms with Crippen LogP contribution >= 0.6 is 11.6 Å². The zero-order chi connectivity index (χ0) is 17.0. The van der Waals surface area contributed by atoms with Crippen molar-refractivity contribution in [2.24, 2.45) is 5.92 Å². The van der Waals surface area contributed by atoms with Crippen molar-refractivity contribution in [1.29, 1.82) is 0 Å². The number of rotatable bonds is 6. The molecule has 0 spiro atoms. The van der Waals surface area contributed by atoms with E-state index < -0.39 is 17.9 Å². The number of nitrogens with zero attached hydrogens (tertiary/aromatic N) is 3. The summed E-state index contributed by atoms with van der Waals surface area (Å²) in [5, 5.41) is 19.7. The summed E-state index contributed by atoms with van der Waals surface area (Å²) in [5.41, 5.74) is 0.609. The van der Waals surface area contributed by atoms with Gasteiger partial charge >= 0.3 is 5.97 Å². The minimum atomic E-state index is -1.08. The number of benzene rings is 1. The number of amides is 1. The summed E-state index contributed by atoms with van der Waals surface area (Å²) < 4.78 is 1.37. The van der Waals surface area contributed by atoms with Crippen molar-refractivity contribution in [1.82, 2.24) is 20.3 Å². The van der Waals surface area contributed by atoms with Gasteiger partial charge < -0.3 is 10.4 Å². The summed E-state index contributed by atoms with van der Waals surface area (Å²) in [6, 6.07) is 6.03. The summed E-state index contributed by atoms with van der Waals surface area (Å²) in [4.78, 5) is 23.3. The first-order valence-corrected chi connectivity index (χ1v) is 7.47. The molecule has 0 aliphatic heterocycles. The fraction of sp³-hybridized carbons (Fsp3) is 0.333. The number of para-hydroxylation sites is 1. The molecule has 23 heavy (non-hydrogen) atoms. The van der Waals surface area contributed by atoms with E-state index in [0.29, 0.717) is 17.1 Å². The zero-order valence-corrected chi connectivity index (χ0v) is 13.5. The Hall–Kier alpha value is -2.41. The number of aliphatic carboxylic acids is 1. The first-order valence-electron chi connectivity index (χ1n) is 7.09. The molecule has 0 radical (unpaired) electrons. The standard InChI is InChI=1S/C15H17ClN4O3/c1-9(2)7-11(15(22)23)17-14(21)12-8-20(19-18-12)13-6-4-3-5-10(13)16/h3-6,8-9,11H,7H2,1-2H3,(H,17,21)(H,22,23)/t11-/m0/s1. The van der Waals surface area contributed by atoms with Crippen LogP contribution in [0.5, 0.6) is 0 Å². The Kier molecular flexibility index (Phi) is 5.33. The van der Waals surface area contributed by atoms with E-state index in [4.69, 9.17) is 16.7 Å². The molecule has 1 atom stereocenters. The van der Waals surface area contributed by atoms with Crippen molar-refractivity contribution < 1.29 is 14.7 Å². The number of nitrogens with one attached hydrogen (secondary N) is 1. The molecule has 8 heteroatoms. The smallest absolute Gasteiger partial charge is 0.326 e. The molecule has 0 unspecified atom stereocenters. The van der Waals surface area contributed by atoms with Gasteiger partial charge in [-0.3, -0.25) is 4.79 Å². The van der Waals surface area contributed by atoms with Crippen LogP contribution in [0.3, 0.4) is 0 Å². The number of halogens is 1. The van der Waals surface area contributed by atoms with E-state index in [9.17, 15) is 9.59 Å². The van der Waals surface area contributed by atoms with Crippen LogP contribution in [-0.2, 0) is 4.79 Å². The molecular weight excluding hydrogens is 320 g/mol. The van der Waals surface area contributed by atoms with Gasteiger partial charge in [-0.05, 0) is 24.5 Å². The highest BCUT2D eigenvalue weighted by atomic mass is 35.5. The third-order valence-corrected chi connectivity index (χ3v) is 3.46. The Labute approximate surface area is 138 Å². The topological polar surface area (TPSA) is 97.1 Å². The third-order valence-electron chi connectivity index (χ3n) is 3.14. The molecule has 2 aromatic rings. The van der Waals surface area contributed by atoms with Gasteiger partial charge in [0.1, 0.15) is 6.04 Å². The fourth-order valence-electron chi connectivity index (χ4n) is 2.05. The molecule has 1 aromatic carbocycles. The minimum absolute atomic E-state index is 0.0277. The number of carbonyl (C=O) groups excluding carboxylic acids is 1. The summed E-state index contributed by atoms with van der Waals surface area (Å²) in [7, 11) is 0. The number of aromatic nitrogens is 3. The number of carbonyl (C=O) groups is 2. The van der Waals surface area contributed by atoms with E-state index in [0.717, 1.165) is 0 Å². The van der Waals surface area contributed by atoms with Gasteiger partial charge in [0.15, 0.2) is 5.69 Å². The number of carboxylic acids is 1. The fourth-order valence-corrected chi connectivity index (χ4v) is 2.27. The largest absolute Gasteiger partial charge is 0.480 e. The average Bonchev–Trinajstić information content (AvgIpc) is 2.96. The van der Waals surface area contributed by atoms with Gasteiger partial charge in [-0.1, -0.05) is 42.8 Å². The second kappa shape index (κ2) is 7.23. The van der Waals surface area contributed by atoms with Gasteiger partial charge in [-0.15, -0.1) is 5.10 Å². The predicted molar refractivity (Wildman–Crippen MR) is 84.7 cm³/mol. The molecule has 0 bridgehead atoms. The van der Waals surface area contributed by atoms with Gasteiger partial charge in [0.2, 0.25) is 0 Å². The summed E-state index contributed by atoms with van der Waals surface area (Å²) in [6.07, 6.45) is 1.74. The molecule has 1 heterocycles. The molecule has 2 N–H and O–H groups in total. The van der Waals surface area contributed by atoms with Crippen LogP contribution in [0.15, 0.2) is 30.5 Å². The van der Waals surface area contributed by atoms with Gasteiger partial charge in [-0.25, -0.2) is 9.48 Å². The van der Waals surface area contributed by atoms with E-state index in [1.54, 1.807) is 24.3 Å². The number of hydrogen-bond acceptors (Lipinski definition) is 4. The normalized spacial score (nSPS) is 12.2. The Bertz CT molecular complexity index is 714. The Morgan fingerprint density at radius 2 is 2.04 bits per heavy atom. The lowest BCUT2D eigenvalue weighted by Crippen LogP contribution is -2.41. The predicted octanol–water partition coefficient (Wildman–Crippen LogP) is 2.15. The molecule has 1 aromatic heterocycles. The van der Waals surface area contributed by atoms with Gasteiger partial charge in [0.25, 0.3) is 5.91 Å². The zero-order valence-electron chi connectivity index (χ0n) is 12.7. The minimum Gasteiger partial charge on any atom is -0.480 e. The Morgan fingerprint density at radius 3 is 2.65 bits per heavy atom. The molecule has 1 amide bonds. The lowest BCUT2D eigenvalue weighted by atomic mass is 10.0. The van der Waals surface area contributed by atoms with Crippen molar-refractivity contribution in [2.75, 3.05) is 0 Å². The van der Waals surface area contributed by atoms with E-state index in [1.165, 1.54) is 10.9 Å². The highest BCUT2D eigenvalue weighted by Gasteiger charge is 2.23. The maximum absolute atomic E-state index is 12.1. The molecule has 122 valence electrons. The second-order valence-corrected chi connectivity index (χ2v) is 5.90. The lowest BCUT2D eigenvalue weighted by Gasteiger charge is -2.15. The van der Waals surface area contributed by atoms with Crippen LogP contribution < -0.4 is 5.32 Å². The van der Waals surface area contributed by atoms with Crippen LogP contribution in [0.4, 0.5) is 0 Å². The Balaban J connectivity index is 2.15. The maximum atomic E-state index is 12.1. The molecule has 0 saturated heterocycles. The molecule has 0 fully saturated rings. The van der Waals surface area contributed by atoms with Gasteiger partial charge in [-0.2, -0.15) is 0 Å². The second-order valence-electron chi connectivity index (χ2n) is 5.49. The first-order chi connectivity index (χ1) is 10.9. The highest BCUT2D eigenvalue weighted by Crippen LogP contribution is 2.18. The molecular formula is C15H17ClN4O3. The monoisotopic (exact) mass is 336 g/mol. The third kappa shape index (κ3) is 4.29.